The summed E-state index contributed by atoms with van der Waals surface area (Å²) in [5, 5.41) is 0. The molecule has 10 heteroatoms. The first-order valence-electron chi connectivity index (χ1n) is 7.65. The topological polar surface area (TPSA) is 86.3 Å². The first kappa shape index (κ1) is 18.5. The molecule has 0 fully saturated rings. The Labute approximate surface area is 151 Å². The Bertz CT molecular complexity index is 985. The molecule has 0 radical (unpaired) electrons. The lowest BCUT2D eigenvalue weighted by atomic mass is 10.1. The first-order chi connectivity index (χ1) is 12.8. The van der Waals surface area contributed by atoms with Crippen LogP contribution in [0.25, 0.3) is 11.0 Å². The van der Waals surface area contributed by atoms with Crippen molar-refractivity contribution < 1.29 is 32.2 Å². The van der Waals surface area contributed by atoms with Crippen molar-refractivity contribution in [3.05, 3.63) is 42.0 Å². The van der Waals surface area contributed by atoms with Crippen LogP contribution in [-0.2, 0) is 6.42 Å². The van der Waals surface area contributed by atoms with Gasteiger partial charge in [-0.3, -0.25) is 9.78 Å². The Hall–Kier alpha value is -3.30. The fraction of sp³-hybridized carbons (Fsp3) is 0.235. The number of halogens is 3. The maximum Gasteiger partial charge on any atom is 0.573 e. The molecule has 0 aliphatic rings. The Kier molecular flexibility index (Phi) is 4.89. The summed E-state index contributed by atoms with van der Waals surface area (Å²) in [6.45, 7) is 0. The van der Waals surface area contributed by atoms with Crippen molar-refractivity contribution in [2.45, 2.75) is 12.8 Å². The van der Waals surface area contributed by atoms with Gasteiger partial charge in [-0.2, -0.15) is 0 Å². The number of nitrogens with zero attached hydrogens (tertiary/aromatic N) is 2. The van der Waals surface area contributed by atoms with E-state index in [1.807, 2.05) is 0 Å². The molecule has 0 spiro atoms. The maximum absolute atomic E-state index is 12.5. The van der Waals surface area contributed by atoms with E-state index in [1.54, 1.807) is 6.07 Å². The van der Waals surface area contributed by atoms with E-state index in [0.717, 1.165) is 12.1 Å². The van der Waals surface area contributed by atoms with E-state index in [-0.39, 0.29) is 17.8 Å². The molecule has 1 aromatic carbocycles. The summed E-state index contributed by atoms with van der Waals surface area (Å²) in [6.07, 6.45) is -3.46. The molecule has 0 unspecified atom stereocenters. The summed E-state index contributed by atoms with van der Waals surface area (Å²) in [6, 6.07) is 5.17. The van der Waals surface area contributed by atoms with Crippen LogP contribution in [0.3, 0.4) is 0 Å². The van der Waals surface area contributed by atoms with Crippen LogP contribution in [0, 0.1) is 0 Å². The number of methoxy groups -OCH3 is 2. The lowest BCUT2D eigenvalue weighted by Crippen LogP contribution is -2.16. The third-order valence-corrected chi connectivity index (χ3v) is 3.65. The summed E-state index contributed by atoms with van der Waals surface area (Å²) in [5.41, 5.74) is 0.924. The molecule has 0 saturated heterocycles. The fourth-order valence-corrected chi connectivity index (χ4v) is 2.53. The van der Waals surface area contributed by atoms with Gasteiger partial charge in [-0.15, -0.1) is 13.2 Å². The number of pyridine rings is 1. The number of aromatic amines is 1. The molecule has 0 aliphatic carbocycles. The van der Waals surface area contributed by atoms with E-state index in [2.05, 4.69) is 19.7 Å². The van der Waals surface area contributed by atoms with Crippen LogP contribution in [0.5, 0.6) is 17.2 Å². The normalized spacial score (nSPS) is 11.4. The number of rotatable bonds is 6. The maximum atomic E-state index is 12.5. The third kappa shape index (κ3) is 4.10. The molecule has 2 heterocycles. The molecule has 27 heavy (non-hydrogen) atoms. The number of ketones is 1. The van der Waals surface area contributed by atoms with Gasteiger partial charge in [0.05, 0.1) is 37.4 Å². The Morgan fingerprint density at radius 1 is 1.19 bits per heavy atom. The number of imidazole rings is 1. The van der Waals surface area contributed by atoms with Gasteiger partial charge in [-0.1, -0.05) is 0 Å². The smallest absolute Gasteiger partial charge is 0.493 e. The van der Waals surface area contributed by atoms with Gasteiger partial charge in [0.2, 0.25) is 5.78 Å². The first-order valence-corrected chi connectivity index (χ1v) is 7.65. The highest BCUT2D eigenvalue weighted by Gasteiger charge is 2.31. The lowest BCUT2D eigenvalue weighted by molar-refractivity contribution is -0.274. The van der Waals surface area contributed by atoms with E-state index in [9.17, 15) is 18.0 Å². The van der Waals surface area contributed by atoms with Gasteiger partial charge in [0.15, 0.2) is 17.3 Å². The number of hydrogen-bond acceptors (Lipinski definition) is 6. The summed E-state index contributed by atoms with van der Waals surface area (Å²) in [7, 11) is 2.89. The highest BCUT2D eigenvalue weighted by atomic mass is 19.4. The monoisotopic (exact) mass is 381 g/mol. The molecular formula is C17H14F3N3O4. The summed E-state index contributed by atoms with van der Waals surface area (Å²) < 4.78 is 51.2. The Morgan fingerprint density at radius 3 is 2.63 bits per heavy atom. The van der Waals surface area contributed by atoms with E-state index < -0.39 is 17.9 Å². The zero-order valence-corrected chi connectivity index (χ0v) is 14.3. The Balaban J connectivity index is 1.86. The molecular weight excluding hydrogens is 367 g/mol. The SMILES string of the molecule is COc1ccnc(CC(=O)c2nc3ccc(OC(F)(F)F)cc3[nH]2)c1OC. The highest BCUT2D eigenvalue weighted by Crippen LogP contribution is 2.30. The Morgan fingerprint density at radius 2 is 1.96 bits per heavy atom. The molecule has 7 nitrogen and oxygen atoms in total. The molecule has 0 atom stereocenters. The van der Waals surface area contributed by atoms with Gasteiger partial charge in [-0.05, 0) is 12.1 Å². The van der Waals surface area contributed by atoms with Crippen molar-refractivity contribution in [3.63, 3.8) is 0 Å². The zero-order valence-electron chi connectivity index (χ0n) is 14.3. The average molecular weight is 381 g/mol. The van der Waals surface area contributed by atoms with E-state index in [0.29, 0.717) is 22.7 Å². The van der Waals surface area contributed by atoms with Crippen molar-refractivity contribution in [2.24, 2.45) is 0 Å². The largest absolute Gasteiger partial charge is 0.573 e. The molecule has 142 valence electrons. The fourth-order valence-electron chi connectivity index (χ4n) is 2.53. The van der Waals surface area contributed by atoms with E-state index >= 15 is 0 Å². The number of ether oxygens (including phenoxy) is 3. The van der Waals surface area contributed by atoms with Crippen molar-refractivity contribution in [3.8, 4) is 17.2 Å². The van der Waals surface area contributed by atoms with Crippen LogP contribution in [0.2, 0.25) is 0 Å². The van der Waals surface area contributed by atoms with Gasteiger partial charge >= 0.3 is 6.36 Å². The number of benzene rings is 1. The summed E-state index contributed by atoms with van der Waals surface area (Å²) >= 11 is 0. The average Bonchev–Trinajstić information content (AvgIpc) is 3.03. The number of hydrogen-bond donors (Lipinski definition) is 1. The number of alkyl halides is 3. The van der Waals surface area contributed by atoms with Gasteiger partial charge in [0, 0.05) is 18.3 Å². The molecule has 3 aromatic rings. The van der Waals surface area contributed by atoms with Gasteiger partial charge < -0.3 is 19.2 Å². The van der Waals surface area contributed by atoms with Crippen LogP contribution in [0.15, 0.2) is 30.5 Å². The van der Waals surface area contributed by atoms with E-state index in [4.69, 9.17) is 9.47 Å². The highest BCUT2D eigenvalue weighted by molar-refractivity contribution is 5.97. The molecule has 0 amide bonds. The molecule has 0 aliphatic heterocycles. The van der Waals surface area contributed by atoms with Crippen molar-refractivity contribution >= 4 is 16.8 Å². The number of Topliss-reactive ketones (excluding diaryl/α,β-unsaturated/α-hetero) is 1. The van der Waals surface area contributed by atoms with Crippen molar-refractivity contribution in [1.82, 2.24) is 15.0 Å². The van der Waals surface area contributed by atoms with Crippen LogP contribution in [0.1, 0.15) is 16.3 Å². The number of H-pyrrole nitrogens is 1. The standard InChI is InChI=1S/C17H14F3N3O4/c1-25-14-5-6-21-12(15(14)26-2)8-13(24)16-22-10-4-3-9(7-11(10)23-16)27-17(18,19)20/h3-7H,8H2,1-2H3,(H,22,23). The molecule has 2 aromatic heterocycles. The van der Waals surface area contributed by atoms with Crippen LogP contribution in [0.4, 0.5) is 13.2 Å². The number of carbonyl (C=O) groups is 1. The number of carbonyl (C=O) groups excluding carboxylic acids is 1. The van der Waals surface area contributed by atoms with Crippen LogP contribution in [-0.4, -0.2) is 41.3 Å². The molecule has 0 saturated carbocycles. The molecule has 3 rings (SSSR count). The summed E-state index contributed by atoms with van der Waals surface area (Å²) in [4.78, 5) is 23.4. The zero-order chi connectivity index (χ0) is 19.6. The third-order valence-electron chi connectivity index (χ3n) is 3.65. The van der Waals surface area contributed by atoms with Gasteiger partial charge in [0.25, 0.3) is 0 Å². The van der Waals surface area contributed by atoms with Crippen molar-refractivity contribution in [1.29, 1.82) is 0 Å². The molecule has 0 bridgehead atoms. The number of nitrogens with one attached hydrogen (secondary N) is 1. The second-order valence-corrected chi connectivity index (χ2v) is 5.41. The number of fused-ring (bicyclic) bond motifs is 1. The minimum absolute atomic E-state index is 0.0131. The second-order valence-electron chi connectivity index (χ2n) is 5.41. The van der Waals surface area contributed by atoms with Crippen LogP contribution >= 0.6 is 0 Å². The predicted octanol–water partition coefficient (Wildman–Crippen LogP) is 3.30. The van der Waals surface area contributed by atoms with Gasteiger partial charge in [0.1, 0.15) is 5.75 Å². The number of aromatic nitrogens is 3. The minimum Gasteiger partial charge on any atom is -0.493 e. The van der Waals surface area contributed by atoms with Crippen LogP contribution < -0.4 is 14.2 Å². The quantitative estimate of drug-likeness (QED) is 0.660. The lowest BCUT2D eigenvalue weighted by Gasteiger charge is -2.10. The van der Waals surface area contributed by atoms with Gasteiger partial charge in [-0.25, -0.2) is 4.98 Å². The second kappa shape index (κ2) is 7.14. The predicted molar refractivity (Wildman–Crippen MR) is 88.2 cm³/mol. The minimum atomic E-state index is -4.80. The molecule has 1 N–H and O–H groups in total. The van der Waals surface area contributed by atoms with E-state index in [1.165, 1.54) is 26.5 Å². The summed E-state index contributed by atoms with van der Waals surface area (Å²) in [5.74, 6) is -0.0858. The van der Waals surface area contributed by atoms with Crippen molar-refractivity contribution in [2.75, 3.05) is 14.2 Å².